The molecule has 2 heterocycles. The Labute approximate surface area is 194 Å². The fraction of sp³-hybridized carbons (Fsp3) is 0.240. The average molecular weight is 463 g/mol. The van der Waals surface area contributed by atoms with Gasteiger partial charge in [0.15, 0.2) is 0 Å². The number of hydrogen-bond donors (Lipinski definition) is 2. The van der Waals surface area contributed by atoms with E-state index < -0.39 is 23.5 Å². The predicted octanol–water partition coefficient (Wildman–Crippen LogP) is 1.62. The lowest BCUT2D eigenvalue weighted by molar-refractivity contribution is -0.308. The number of aromatic amines is 1. The molecule has 2 aromatic carbocycles. The molecule has 2 N–H and O–H groups in total. The summed E-state index contributed by atoms with van der Waals surface area (Å²) in [5.74, 6) is -1.19. The SMILES string of the molecule is COc1cc(OC)c2c(C)c(CC(=O)N[C@@H](Cc3c[nH]c4ccccc34)C(=O)[O-])c(=O)oc2c1. The Morgan fingerprint density at radius 1 is 1.18 bits per heavy atom. The van der Waals surface area contributed by atoms with Crippen molar-refractivity contribution in [3.63, 3.8) is 0 Å². The number of nitrogens with one attached hydrogen (secondary N) is 2. The molecule has 0 saturated carbocycles. The molecule has 0 aliphatic heterocycles. The molecule has 0 fully saturated rings. The lowest BCUT2D eigenvalue weighted by Crippen LogP contribution is -2.49. The van der Waals surface area contributed by atoms with Crippen molar-refractivity contribution in [2.75, 3.05) is 14.2 Å². The van der Waals surface area contributed by atoms with Crippen molar-refractivity contribution in [2.24, 2.45) is 0 Å². The summed E-state index contributed by atoms with van der Waals surface area (Å²) in [4.78, 5) is 40.3. The van der Waals surface area contributed by atoms with Crippen LogP contribution in [0.15, 0.2) is 51.8 Å². The number of carboxylic acid groups (broad SMARTS) is 1. The minimum Gasteiger partial charge on any atom is -0.548 e. The van der Waals surface area contributed by atoms with Crippen LogP contribution in [0.1, 0.15) is 16.7 Å². The minimum absolute atomic E-state index is 0.0248. The Hall–Kier alpha value is -4.27. The quantitative estimate of drug-likeness (QED) is 0.379. The van der Waals surface area contributed by atoms with E-state index in [2.05, 4.69) is 10.3 Å². The first kappa shape index (κ1) is 22.9. The number of para-hydroxylation sites is 1. The first-order chi connectivity index (χ1) is 16.3. The molecule has 9 heteroatoms. The number of aliphatic carboxylic acids is 1. The third kappa shape index (κ3) is 4.32. The summed E-state index contributed by atoms with van der Waals surface area (Å²) in [5.41, 5.74) is 1.76. The monoisotopic (exact) mass is 463 g/mol. The maximum absolute atomic E-state index is 12.8. The maximum atomic E-state index is 12.8. The second-order valence-corrected chi connectivity index (χ2v) is 7.88. The molecule has 0 saturated heterocycles. The van der Waals surface area contributed by atoms with Crippen LogP contribution in [0.4, 0.5) is 0 Å². The second kappa shape index (κ2) is 9.30. The number of carboxylic acids is 1. The molecule has 0 bridgehead atoms. The highest BCUT2D eigenvalue weighted by Gasteiger charge is 2.21. The summed E-state index contributed by atoms with van der Waals surface area (Å²) in [5, 5.41) is 15.6. The van der Waals surface area contributed by atoms with Gasteiger partial charge < -0.3 is 34.1 Å². The molecule has 4 rings (SSSR count). The molecular formula is C25H23N2O7-. The van der Waals surface area contributed by atoms with Crippen molar-refractivity contribution in [2.45, 2.75) is 25.8 Å². The normalized spacial score (nSPS) is 12.0. The molecule has 0 aliphatic carbocycles. The predicted molar refractivity (Wildman–Crippen MR) is 123 cm³/mol. The highest BCUT2D eigenvalue weighted by Crippen LogP contribution is 2.33. The largest absolute Gasteiger partial charge is 0.548 e. The van der Waals surface area contributed by atoms with Gasteiger partial charge >= 0.3 is 5.63 Å². The summed E-state index contributed by atoms with van der Waals surface area (Å²) < 4.78 is 16.0. The van der Waals surface area contributed by atoms with Crippen LogP contribution in [0.2, 0.25) is 0 Å². The van der Waals surface area contributed by atoms with Crippen LogP contribution in [0.25, 0.3) is 21.9 Å². The van der Waals surface area contributed by atoms with Gasteiger partial charge in [-0.2, -0.15) is 0 Å². The van der Waals surface area contributed by atoms with Crippen molar-refractivity contribution >= 4 is 33.7 Å². The van der Waals surface area contributed by atoms with E-state index in [1.807, 2.05) is 24.3 Å². The van der Waals surface area contributed by atoms with Gasteiger partial charge in [0.1, 0.15) is 17.1 Å². The molecular weight excluding hydrogens is 440 g/mol. The van der Waals surface area contributed by atoms with Gasteiger partial charge in [0.2, 0.25) is 5.91 Å². The number of carbonyl (C=O) groups excluding carboxylic acids is 2. The zero-order valence-corrected chi connectivity index (χ0v) is 18.9. The van der Waals surface area contributed by atoms with E-state index in [4.69, 9.17) is 13.9 Å². The van der Waals surface area contributed by atoms with Crippen molar-refractivity contribution in [1.82, 2.24) is 10.3 Å². The molecule has 0 aliphatic rings. The number of fused-ring (bicyclic) bond motifs is 2. The molecule has 0 unspecified atom stereocenters. The first-order valence-corrected chi connectivity index (χ1v) is 10.6. The molecule has 4 aromatic rings. The van der Waals surface area contributed by atoms with Crippen molar-refractivity contribution in [1.29, 1.82) is 0 Å². The Bertz CT molecular complexity index is 1450. The van der Waals surface area contributed by atoms with Gasteiger partial charge in [-0.25, -0.2) is 4.79 Å². The zero-order valence-electron chi connectivity index (χ0n) is 18.9. The Balaban J connectivity index is 1.60. The minimum atomic E-state index is -1.42. The number of carbonyl (C=O) groups is 2. The summed E-state index contributed by atoms with van der Waals surface area (Å²) in [6.45, 7) is 1.68. The summed E-state index contributed by atoms with van der Waals surface area (Å²) in [6.07, 6.45) is 1.36. The van der Waals surface area contributed by atoms with E-state index in [-0.39, 0.29) is 24.0 Å². The van der Waals surface area contributed by atoms with Crippen molar-refractivity contribution in [3.05, 3.63) is 69.7 Å². The number of aromatic nitrogens is 1. The van der Waals surface area contributed by atoms with Gasteiger partial charge in [-0.15, -0.1) is 0 Å². The lowest BCUT2D eigenvalue weighted by atomic mass is 10.0. The molecule has 176 valence electrons. The fourth-order valence-electron chi connectivity index (χ4n) is 4.08. The lowest BCUT2D eigenvalue weighted by Gasteiger charge is -2.20. The number of benzene rings is 2. The smallest absolute Gasteiger partial charge is 0.340 e. The number of ether oxygens (including phenoxy) is 2. The first-order valence-electron chi connectivity index (χ1n) is 10.6. The topological polar surface area (TPSA) is 134 Å². The van der Waals surface area contributed by atoms with Crippen LogP contribution in [0, 0.1) is 6.92 Å². The van der Waals surface area contributed by atoms with E-state index >= 15 is 0 Å². The standard InChI is InChI=1S/C25H24N2O7/c1-13-17(25(31)34-21-10-15(32-2)9-20(33-3)23(13)21)11-22(28)27-19(24(29)30)8-14-12-26-18-7-5-4-6-16(14)18/h4-7,9-10,12,19,26H,8,11H2,1-3H3,(H,27,28)(H,29,30)/p-1/t19-/m0/s1. The van der Waals surface area contributed by atoms with E-state index in [0.717, 1.165) is 16.5 Å². The summed E-state index contributed by atoms with van der Waals surface area (Å²) >= 11 is 0. The third-order valence-corrected chi connectivity index (χ3v) is 5.83. The van der Waals surface area contributed by atoms with E-state index in [1.165, 1.54) is 14.2 Å². The van der Waals surface area contributed by atoms with Gasteiger partial charge in [-0.1, -0.05) is 18.2 Å². The number of H-pyrrole nitrogens is 1. The third-order valence-electron chi connectivity index (χ3n) is 5.83. The number of aryl methyl sites for hydroxylation is 1. The molecule has 0 radical (unpaired) electrons. The molecule has 9 nitrogen and oxygen atoms in total. The number of amides is 1. The van der Waals surface area contributed by atoms with Gasteiger partial charge in [0.05, 0.1) is 43.6 Å². The molecule has 2 aromatic heterocycles. The Morgan fingerprint density at radius 2 is 1.94 bits per heavy atom. The van der Waals surface area contributed by atoms with Crippen LogP contribution in [-0.4, -0.2) is 37.1 Å². The van der Waals surface area contributed by atoms with Crippen molar-refractivity contribution in [3.8, 4) is 11.5 Å². The molecule has 1 amide bonds. The van der Waals surface area contributed by atoms with Gasteiger partial charge in [0, 0.05) is 35.7 Å². The Kier molecular flexibility index (Phi) is 6.27. The fourth-order valence-corrected chi connectivity index (χ4v) is 4.08. The van der Waals surface area contributed by atoms with Crippen molar-refractivity contribution < 1.29 is 28.6 Å². The highest BCUT2D eigenvalue weighted by atomic mass is 16.5. The summed E-state index contributed by atoms with van der Waals surface area (Å²) in [7, 11) is 2.95. The van der Waals surface area contributed by atoms with Crippen LogP contribution < -0.4 is 25.5 Å². The maximum Gasteiger partial charge on any atom is 0.340 e. The van der Waals surface area contributed by atoms with Crippen LogP contribution in [0.3, 0.4) is 0 Å². The van der Waals surface area contributed by atoms with Gasteiger partial charge in [-0.05, 0) is 24.1 Å². The molecule has 1 atom stereocenters. The number of hydrogen-bond acceptors (Lipinski definition) is 7. The van der Waals surface area contributed by atoms with Gasteiger partial charge in [0.25, 0.3) is 0 Å². The Morgan fingerprint density at radius 3 is 2.65 bits per heavy atom. The summed E-state index contributed by atoms with van der Waals surface area (Å²) in [6, 6.07) is 9.37. The van der Waals surface area contributed by atoms with E-state index in [0.29, 0.717) is 22.4 Å². The van der Waals surface area contributed by atoms with E-state index in [9.17, 15) is 19.5 Å². The number of methoxy groups -OCH3 is 2. The average Bonchev–Trinajstić information content (AvgIpc) is 3.23. The molecule has 0 spiro atoms. The highest BCUT2D eigenvalue weighted by molar-refractivity contribution is 5.91. The van der Waals surface area contributed by atoms with Crippen LogP contribution >= 0.6 is 0 Å². The van der Waals surface area contributed by atoms with Gasteiger partial charge in [-0.3, -0.25) is 4.79 Å². The number of rotatable bonds is 8. The second-order valence-electron chi connectivity index (χ2n) is 7.88. The van der Waals surface area contributed by atoms with Crippen LogP contribution in [0.5, 0.6) is 11.5 Å². The van der Waals surface area contributed by atoms with Crippen LogP contribution in [-0.2, 0) is 22.4 Å². The molecule has 34 heavy (non-hydrogen) atoms. The van der Waals surface area contributed by atoms with E-state index in [1.54, 1.807) is 25.3 Å². The zero-order chi connectivity index (χ0) is 24.4.